The topological polar surface area (TPSA) is 57.2 Å². The molecule has 0 amide bonds. The first-order valence-corrected chi connectivity index (χ1v) is 9.86. The maximum absolute atomic E-state index is 12.0. The third kappa shape index (κ3) is 6.34. The maximum Gasteiger partial charge on any atom is 0.310 e. The van der Waals surface area contributed by atoms with Gasteiger partial charge in [-0.3, -0.25) is 14.7 Å². The van der Waals surface area contributed by atoms with E-state index >= 15 is 0 Å². The Morgan fingerprint density at radius 3 is 2.46 bits per heavy atom. The molecule has 28 heavy (non-hydrogen) atoms. The molecule has 1 saturated heterocycles. The van der Waals surface area contributed by atoms with Gasteiger partial charge in [-0.1, -0.05) is 45.0 Å². The average molecular weight is 502 g/mol. The predicted octanol–water partition coefficient (Wildman–Crippen LogP) is 2.96. The van der Waals surface area contributed by atoms with E-state index in [9.17, 15) is 4.79 Å². The zero-order chi connectivity index (χ0) is 19.8. The number of nitrogens with one attached hydrogen (secondary N) is 1. The van der Waals surface area contributed by atoms with Crippen LogP contribution in [0.25, 0.3) is 0 Å². The number of esters is 1. The number of benzene rings is 1. The molecule has 1 N–H and O–H groups in total. The van der Waals surface area contributed by atoms with E-state index in [1.165, 1.54) is 18.2 Å². The molecule has 0 bridgehead atoms. The van der Waals surface area contributed by atoms with Crippen molar-refractivity contribution in [1.82, 2.24) is 15.1 Å². The zero-order valence-corrected chi connectivity index (χ0v) is 20.1. The third-order valence-electron chi connectivity index (χ3n) is 5.47. The molecule has 2 unspecified atom stereocenters. The highest BCUT2D eigenvalue weighted by molar-refractivity contribution is 14.0. The van der Waals surface area contributed by atoms with Gasteiger partial charge >= 0.3 is 5.97 Å². The Kier molecular flexibility index (Phi) is 10.8. The molecule has 7 heteroatoms. The fourth-order valence-electron chi connectivity index (χ4n) is 3.68. The molecule has 2 atom stereocenters. The summed E-state index contributed by atoms with van der Waals surface area (Å²) in [5, 5.41) is 3.48. The molecule has 158 valence electrons. The molecule has 1 heterocycles. The number of hydrogen-bond acceptors (Lipinski definition) is 4. The summed E-state index contributed by atoms with van der Waals surface area (Å²) in [6.45, 7) is 11.7. The highest BCUT2D eigenvalue weighted by atomic mass is 127. The number of likely N-dealkylation sites (tertiary alicyclic amines) is 1. The number of hydrogen-bond donors (Lipinski definition) is 1. The van der Waals surface area contributed by atoms with E-state index in [-0.39, 0.29) is 41.8 Å². The second-order valence-electron chi connectivity index (χ2n) is 7.14. The molecule has 0 spiro atoms. The lowest BCUT2D eigenvalue weighted by Crippen LogP contribution is -2.40. The lowest BCUT2D eigenvalue weighted by Gasteiger charge is -2.23. The molecule has 1 aromatic carbocycles. The van der Waals surface area contributed by atoms with Gasteiger partial charge in [0, 0.05) is 33.2 Å². The molecule has 0 aromatic heterocycles. The number of methoxy groups -OCH3 is 1. The van der Waals surface area contributed by atoms with Crippen molar-refractivity contribution in [2.75, 3.05) is 40.3 Å². The van der Waals surface area contributed by atoms with Crippen molar-refractivity contribution in [2.45, 2.75) is 33.9 Å². The summed E-state index contributed by atoms with van der Waals surface area (Å²) in [6, 6.07) is 8.54. The Labute approximate surface area is 186 Å². The monoisotopic (exact) mass is 502 g/mol. The van der Waals surface area contributed by atoms with Crippen LogP contribution in [0.5, 0.6) is 0 Å². The number of carbonyl (C=O) groups excluding carboxylic acids is 1. The van der Waals surface area contributed by atoms with Gasteiger partial charge in [0.1, 0.15) is 0 Å². The lowest BCUT2D eigenvalue weighted by molar-refractivity contribution is -0.145. The summed E-state index contributed by atoms with van der Waals surface area (Å²) in [6.07, 6.45) is 0. The smallest absolute Gasteiger partial charge is 0.310 e. The number of guanidine groups is 1. The Bertz CT molecular complexity index is 649. The molecule has 1 aliphatic heterocycles. The highest BCUT2D eigenvalue weighted by Crippen LogP contribution is 2.24. The second-order valence-corrected chi connectivity index (χ2v) is 7.14. The maximum atomic E-state index is 12.0. The number of aliphatic imine (C=N–C) groups is 1. The van der Waals surface area contributed by atoms with Gasteiger partial charge in [0.2, 0.25) is 0 Å². The molecular weight excluding hydrogens is 467 g/mol. The highest BCUT2D eigenvalue weighted by Gasteiger charge is 2.36. The van der Waals surface area contributed by atoms with Crippen LogP contribution in [0.2, 0.25) is 0 Å². The second kappa shape index (κ2) is 12.3. The van der Waals surface area contributed by atoms with Gasteiger partial charge in [0.25, 0.3) is 0 Å². The largest absolute Gasteiger partial charge is 0.469 e. The van der Waals surface area contributed by atoms with Gasteiger partial charge in [0.15, 0.2) is 5.96 Å². The van der Waals surface area contributed by atoms with E-state index in [0.717, 1.165) is 38.7 Å². The van der Waals surface area contributed by atoms with Gasteiger partial charge in [0.05, 0.1) is 13.0 Å². The number of nitrogens with zero attached hydrogens (tertiary/aromatic N) is 3. The van der Waals surface area contributed by atoms with Crippen LogP contribution in [0.3, 0.4) is 0 Å². The molecule has 2 rings (SSSR count). The third-order valence-corrected chi connectivity index (χ3v) is 5.47. The van der Waals surface area contributed by atoms with Crippen molar-refractivity contribution < 1.29 is 9.53 Å². The van der Waals surface area contributed by atoms with E-state index in [1.807, 2.05) is 0 Å². The van der Waals surface area contributed by atoms with Crippen LogP contribution in [0.4, 0.5) is 0 Å². The molecule has 0 saturated carbocycles. The molecule has 6 nitrogen and oxygen atoms in total. The van der Waals surface area contributed by atoms with Gasteiger partial charge in [-0.2, -0.15) is 0 Å². The van der Waals surface area contributed by atoms with Crippen molar-refractivity contribution in [3.63, 3.8) is 0 Å². The summed E-state index contributed by atoms with van der Waals surface area (Å²) in [5.41, 5.74) is 2.62. The van der Waals surface area contributed by atoms with Crippen LogP contribution in [-0.2, 0) is 22.6 Å². The Morgan fingerprint density at radius 2 is 1.89 bits per heavy atom. The van der Waals surface area contributed by atoms with Crippen molar-refractivity contribution >= 4 is 35.9 Å². The molecular formula is C21H35IN4O2. The Hall–Kier alpha value is -1.35. The van der Waals surface area contributed by atoms with Crippen LogP contribution < -0.4 is 5.32 Å². The summed E-state index contributed by atoms with van der Waals surface area (Å²) in [7, 11) is 3.25. The average Bonchev–Trinajstić information content (AvgIpc) is 3.08. The number of ether oxygens (including phenoxy) is 1. The van der Waals surface area contributed by atoms with Crippen LogP contribution in [0.15, 0.2) is 29.3 Å². The quantitative estimate of drug-likeness (QED) is 0.269. The predicted molar refractivity (Wildman–Crippen MR) is 125 cm³/mol. The van der Waals surface area contributed by atoms with Gasteiger partial charge in [-0.15, -0.1) is 24.0 Å². The van der Waals surface area contributed by atoms with E-state index in [4.69, 9.17) is 4.74 Å². The van der Waals surface area contributed by atoms with Crippen molar-refractivity contribution in [2.24, 2.45) is 16.8 Å². The minimum atomic E-state index is -0.134. The standard InChI is InChI=1S/C21H34N4O2.HI/c1-6-24(7-2)14-18-11-9-8-10-17(18)12-23-21(22-4)25-13-16(3)19(15-25)20(26)27-5;/h8-11,16,19H,6-7,12-15H2,1-5H3,(H,22,23);1H. The SMILES string of the molecule is CCN(CC)Cc1ccccc1CNC(=NC)N1CC(C)C(C(=O)OC)C1.I. The van der Waals surface area contributed by atoms with Crippen LogP contribution in [0, 0.1) is 11.8 Å². The van der Waals surface area contributed by atoms with Crippen molar-refractivity contribution in [3.05, 3.63) is 35.4 Å². The van der Waals surface area contributed by atoms with E-state index in [1.54, 1.807) is 7.05 Å². The fourth-order valence-corrected chi connectivity index (χ4v) is 3.68. The summed E-state index contributed by atoms with van der Waals surface area (Å²) in [4.78, 5) is 20.9. The molecule has 1 fully saturated rings. The van der Waals surface area contributed by atoms with Gasteiger partial charge in [-0.05, 0) is 30.1 Å². The molecule has 0 aliphatic carbocycles. The van der Waals surface area contributed by atoms with E-state index in [0.29, 0.717) is 6.54 Å². The minimum absolute atomic E-state index is 0. The number of carbonyl (C=O) groups is 1. The van der Waals surface area contributed by atoms with E-state index < -0.39 is 0 Å². The first-order valence-electron chi connectivity index (χ1n) is 9.86. The Balaban J connectivity index is 0.00000392. The normalized spacial score (nSPS) is 19.5. The van der Waals surface area contributed by atoms with E-state index in [2.05, 4.69) is 65.1 Å². The first-order chi connectivity index (χ1) is 13.0. The van der Waals surface area contributed by atoms with Gasteiger partial charge < -0.3 is 15.0 Å². The number of halogens is 1. The van der Waals surface area contributed by atoms with Crippen LogP contribution in [0.1, 0.15) is 31.9 Å². The lowest BCUT2D eigenvalue weighted by atomic mass is 9.99. The van der Waals surface area contributed by atoms with Crippen molar-refractivity contribution in [3.8, 4) is 0 Å². The summed E-state index contributed by atoms with van der Waals surface area (Å²) < 4.78 is 4.94. The molecule has 1 aromatic rings. The van der Waals surface area contributed by atoms with Crippen LogP contribution in [-0.4, -0.2) is 62.1 Å². The van der Waals surface area contributed by atoms with Gasteiger partial charge in [-0.25, -0.2) is 0 Å². The molecule has 1 aliphatic rings. The minimum Gasteiger partial charge on any atom is -0.469 e. The zero-order valence-electron chi connectivity index (χ0n) is 17.8. The fraction of sp³-hybridized carbons (Fsp3) is 0.619. The van der Waals surface area contributed by atoms with Crippen molar-refractivity contribution in [1.29, 1.82) is 0 Å². The number of rotatable bonds is 7. The van der Waals surface area contributed by atoms with Crippen LogP contribution >= 0.6 is 24.0 Å². The summed E-state index contributed by atoms with van der Waals surface area (Å²) >= 11 is 0. The Morgan fingerprint density at radius 1 is 1.25 bits per heavy atom. The molecule has 0 radical (unpaired) electrons. The summed E-state index contributed by atoms with van der Waals surface area (Å²) in [5.74, 6) is 0.866. The first kappa shape index (κ1) is 24.7.